The molecule has 2 unspecified atom stereocenters. The Morgan fingerprint density at radius 2 is 2.19 bits per heavy atom. The Balaban J connectivity index is 1.36. The average Bonchev–Trinajstić information content (AvgIpc) is 3.28. The first kappa shape index (κ1) is 17.5. The zero-order valence-corrected chi connectivity index (χ0v) is 15.7. The lowest BCUT2D eigenvalue weighted by molar-refractivity contribution is -0.384. The number of non-ortho nitro benzene ring substituents is 1. The van der Waals surface area contributed by atoms with Crippen LogP contribution in [0.2, 0.25) is 0 Å². The summed E-state index contributed by atoms with van der Waals surface area (Å²) in [5.74, 6) is 0.377. The van der Waals surface area contributed by atoms with Crippen molar-refractivity contribution in [1.82, 2.24) is 15.3 Å². The summed E-state index contributed by atoms with van der Waals surface area (Å²) in [4.78, 5) is 19.4. The molecule has 0 aliphatic heterocycles. The summed E-state index contributed by atoms with van der Waals surface area (Å²) < 4.78 is 0. The fourth-order valence-corrected chi connectivity index (χ4v) is 3.86. The quantitative estimate of drug-likeness (QED) is 0.382. The molecule has 1 aromatic carbocycles. The van der Waals surface area contributed by atoms with Crippen LogP contribution >= 0.6 is 23.6 Å². The SMILES string of the molecule is O=[N+]([O-])c1cccc(-c2csc(NC(=S)NC3CC3c3ccccn3)n2)c1. The van der Waals surface area contributed by atoms with Gasteiger partial charge < -0.3 is 10.6 Å². The van der Waals surface area contributed by atoms with Crippen LogP contribution < -0.4 is 10.6 Å². The van der Waals surface area contributed by atoms with Crippen molar-refractivity contribution in [3.63, 3.8) is 0 Å². The van der Waals surface area contributed by atoms with E-state index in [0.717, 1.165) is 12.1 Å². The molecule has 2 N–H and O–H groups in total. The zero-order valence-electron chi connectivity index (χ0n) is 14.0. The Labute approximate surface area is 164 Å². The van der Waals surface area contributed by atoms with Gasteiger partial charge in [0.25, 0.3) is 5.69 Å². The van der Waals surface area contributed by atoms with Gasteiger partial charge in [-0.25, -0.2) is 4.98 Å². The smallest absolute Gasteiger partial charge is 0.270 e. The number of rotatable bonds is 5. The summed E-state index contributed by atoms with van der Waals surface area (Å²) in [5, 5.41) is 20.3. The minimum atomic E-state index is -0.415. The fraction of sp³-hybridized carbons (Fsp3) is 0.167. The van der Waals surface area contributed by atoms with Crippen molar-refractivity contribution >= 4 is 39.5 Å². The number of nitro groups is 1. The number of pyridine rings is 1. The Bertz CT molecular complexity index is 992. The molecular formula is C18H15N5O2S2. The predicted molar refractivity (Wildman–Crippen MR) is 109 cm³/mol. The second-order valence-electron chi connectivity index (χ2n) is 6.15. The Hall–Kier alpha value is -2.91. The van der Waals surface area contributed by atoms with Crippen LogP contribution in [0.3, 0.4) is 0 Å². The number of anilines is 1. The van der Waals surface area contributed by atoms with Crippen molar-refractivity contribution in [2.24, 2.45) is 0 Å². The molecule has 0 spiro atoms. The summed E-state index contributed by atoms with van der Waals surface area (Å²) in [5.41, 5.74) is 2.48. The van der Waals surface area contributed by atoms with Crippen LogP contribution in [0.1, 0.15) is 18.0 Å². The highest BCUT2D eigenvalue weighted by atomic mass is 32.1. The Morgan fingerprint density at radius 3 is 2.96 bits per heavy atom. The highest BCUT2D eigenvalue weighted by Crippen LogP contribution is 2.39. The largest absolute Gasteiger partial charge is 0.359 e. The molecule has 0 amide bonds. The third-order valence-corrected chi connectivity index (χ3v) is 5.23. The Kier molecular flexibility index (Phi) is 4.78. The van der Waals surface area contributed by atoms with E-state index in [1.165, 1.54) is 23.5 Å². The van der Waals surface area contributed by atoms with Gasteiger partial charge in [0.2, 0.25) is 0 Å². The van der Waals surface area contributed by atoms with Crippen LogP contribution in [0.4, 0.5) is 10.8 Å². The number of hydrogen-bond acceptors (Lipinski definition) is 6. The van der Waals surface area contributed by atoms with Crippen molar-refractivity contribution in [2.45, 2.75) is 18.4 Å². The molecule has 2 aromatic heterocycles. The second kappa shape index (κ2) is 7.37. The lowest BCUT2D eigenvalue weighted by Gasteiger charge is -2.07. The van der Waals surface area contributed by atoms with Gasteiger partial charge >= 0.3 is 0 Å². The van der Waals surface area contributed by atoms with Gasteiger partial charge in [0.05, 0.1) is 10.6 Å². The number of hydrogen-bond donors (Lipinski definition) is 2. The molecule has 4 rings (SSSR count). The van der Waals surface area contributed by atoms with E-state index in [4.69, 9.17) is 12.2 Å². The molecule has 136 valence electrons. The standard InChI is InChI=1S/C18H15N5O2S2/c24-23(25)12-5-3-4-11(8-12)16-10-27-18(21-16)22-17(26)20-15-9-13(15)14-6-1-2-7-19-14/h1-8,10,13,15H,9H2,(H2,20,21,22,26). The lowest BCUT2D eigenvalue weighted by atomic mass is 10.1. The highest BCUT2D eigenvalue weighted by Gasteiger charge is 2.39. The number of aromatic nitrogens is 2. The van der Waals surface area contributed by atoms with Crippen LogP contribution in [-0.4, -0.2) is 26.0 Å². The molecule has 1 fully saturated rings. The van der Waals surface area contributed by atoms with E-state index in [1.54, 1.807) is 18.3 Å². The maximum absolute atomic E-state index is 10.9. The van der Waals surface area contributed by atoms with Gasteiger partial charge in [0.1, 0.15) is 0 Å². The van der Waals surface area contributed by atoms with Gasteiger partial charge in [-0.1, -0.05) is 18.2 Å². The molecule has 1 saturated carbocycles. The first-order valence-electron chi connectivity index (χ1n) is 8.29. The minimum absolute atomic E-state index is 0.0430. The maximum atomic E-state index is 10.9. The first-order chi connectivity index (χ1) is 13.1. The van der Waals surface area contributed by atoms with E-state index < -0.39 is 4.92 Å². The number of nitro benzene ring substituents is 1. The van der Waals surface area contributed by atoms with Gasteiger partial charge in [-0.2, -0.15) is 0 Å². The minimum Gasteiger partial charge on any atom is -0.359 e. The molecular weight excluding hydrogens is 382 g/mol. The van der Waals surface area contributed by atoms with Gasteiger partial charge in [-0.15, -0.1) is 11.3 Å². The fourth-order valence-electron chi connectivity index (χ4n) is 2.82. The van der Waals surface area contributed by atoms with E-state index in [0.29, 0.717) is 27.4 Å². The molecule has 2 heterocycles. The summed E-state index contributed by atoms with van der Waals surface area (Å²) >= 11 is 6.77. The highest BCUT2D eigenvalue weighted by molar-refractivity contribution is 7.80. The lowest BCUT2D eigenvalue weighted by Crippen LogP contribution is -2.31. The summed E-state index contributed by atoms with van der Waals surface area (Å²) in [6.45, 7) is 0. The molecule has 1 aliphatic rings. The van der Waals surface area contributed by atoms with Gasteiger partial charge in [-0.05, 0) is 30.8 Å². The molecule has 9 heteroatoms. The average molecular weight is 397 g/mol. The molecule has 27 heavy (non-hydrogen) atoms. The topological polar surface area (TPSA) is 93.0 Å². The van der Waals surface area contributed by atoms with E-state index in [-0.39, 0.29) is 11.7 Å². The summed E-state index contributed by atoms with van der Waals surface area (Å²) in [6, 6.07) is 12.6. The number of nitrogens with zero attached hydrogens (tertiary/aromatic N) is 3. The predicted octanol–water partition coefficient (Wildman–Crippen LogP) is 3.96. The van der Waals surface area contributed by atoms with Crippen LogP contribution in [0.25, 0.3) is 11.3 Å². The molecule has 1 aliphatic carbocycles. The van der Waals surface area contributed by atoms with Gasteiger partial charge in [0, 0.05) is 46.9 Å². The first-order valence-corrected chi connectivity index (χ1v) is 9.58. The van der Waals surface area contributed by atoms with E-state index in [2.05, 4.69) is 20.6 Å². The monoisotopic (exact) mass is 397 g/mol. The van der Waals surface area contributed by atoms with Crippen molar-refractivity contribution < 1.29 is 4.92 Å². The van der Waals surface area contributed by atoms with Crippen molar-refractivity contribution in [3.05, 3.63) is 69.8 Å². The van der Waals surface area contributed by atoms with E-state index in [1.807, 2.05) is 23.6 Å². The molecule has 0 bridgehead atoms. The second-order valence-corrected chi connectivity index (χ2v) is 7.41. The van der Waals surface area contributed by atoms with Crippen LogP contribution in [0.5, 0.6) is 0 Å². The molecule has 7 nitrogen and oxygen atoms in total. The zero-order chi connectivity index (χ0) is 18.8. The molecule has 3 aromatic rings. The van der Waals surface area contributed by atoms with Crippen molar-refractivity contribution in [1.29, 1.82) is 0 Å². The molecule has 2 atom stereocenters. The third kappa shape index (κ3) is 4.09. The third-order valence-electron chi connectivity index (χ3n) is 4.25. The normalized spacial score (nSPS) is 17.9. The van der Waals surface area contributed by atoms with Crippen LogP contribution in [0, 0.1) is 10.1 Å². The maximum Gasteiger partial charge on any atom is 0.270 e. The van der Waals surface area contributed by atoms with Crippen molar-refractivity contribution in [3.8, 4) is 11.3 Å². The number of benzene rings is 1. The van der Waals surface area contributed by atoms with Crippen LogP contribution in [-0.2, 0) is 0 Å². The van der Waals surface area contributed by atoms with Gasteiger partial charge in [0.15, 0.2) is 10.2 Å². The molecule has 0 saturated heterocycles. The number of nitrogens with one attached hydrogen (secondary N) is 2. The van der Waals surface area contributed by atoms with Crippen molar-refractivity contribution in [2.75, 3.05) is 5.32 Å². The Morgan fingerprint density at radius 1 is 1.30 bits per heavy atom. The van der Waals surface area contributed by atoms with Gasteiger partial charge in [-0.3, -0.25) is 15.1 Å². The summed E-state index contributed by atoms with van der Waals surface area (Å²) in [6.07, 6.45) is 2.79. The van der Waals surface area contributed by atoms with E-state index >= 15 is 0 Å². The molecule has 0 radical (unpaired) electrons. The number of thiazole rings is 1. The number of thiocarbonyl (C=S) groups is 1. The van der Waals surface area contributed by atoms with E-state index in [9.17, 15) is 10.1 Å². The summed E-state index contributed by atoms with van der Waals surface area (Å²) in [7, 11) is 0. The van der Waals surface area contributed by atoms with Crippen LogP contribution in [0.15, 0.2) is 54.0 Å².